The van der Waals surface area contributed by atoms with E-state index in [1.807, 2.05) is 0 Å². The zero-order valence-electron chi connectivity index (χ0n) is 11.9. The van der Waals surface area contributed by atoms with E-state index in [0.717, 1.165) is 19.5 Å². The first kappa shape index (κ1) is 13.6. The molecular weight excluding hydrogens is 224 g/mol. The SMILES string of the molecule is CCNC(CC)c1ccn(CC2CCC(C)O2)c1. The quantitative estimate of drug-likeness (QED) is 0.839. The van der Waals surface area contributed by atoms with Crippen LogP contribution in [-0.4, -0.2) is 23.3 Å². The van der Waals surface area contributed by atoms with Gasteiger partial charge in [0, 0.05) is 25.0 Å². The Morgan fingerprint density at radius 3 is 2.89 bits per heavy atom. The molecule has 102 valence electrons. The van der Waals surface area contributed by atoms with Gasteiger partial charge in [-0.15, -0.1) is 0 Å². The molecule has 1 N–H and O–H groups in total. The van der Waals surface area contributed by atoms with Crippen LogP contribution < -0.4 is 5.32 Å². The van der Waals surface area contributed by atoms with Crippen molar-refractivity contribution in [2.24, 2.45) is 0 Å². The summed E-state index contributed by atoms with van der Waals surface area (Å²) in [6.45, 7) is 8.57. The molecule has 1 aromatic heterocycles. The third kappa shape index (κ3) is 3.36. The lowest BCUT2D eigenvalue weighted by Gasteiger charge is -2.15. The van der Waals surface area contributed by atoms with Crippen LogP contribution in [0.3, 0.4) is 0 Å². The Morgan fingerprint density at radius 2 is 2.28 bits per heavy atom. The Bertz CT molecular complexity index is 361. The highest BCUT2D eigenvalue weighted by molar-refractivity contribution is 5.15. The van der Waals surface area contributed by atoms with E-state index in [2.05, 4.69) is 49.1 Å². The van der Waals surface area contributed by atoms with Crippen molar-refractivity contribution in [1.29, 1.82) is 0 Å². The molecule has 1 aliphatic rings. The molecule has 0 aromatic carbocycles. The van der Waals surface area contributed by atoms with Crippen molar-refractivity contribution in [2.75, 3.05) is 6.54 Å². The molecule has 18 heavy (non-hydrogen) atoms. The van der Waals surface area contributed by atoms with Crippen molar-refractivity contribution in [3.8, 4) is 0 Å². The van der Waals surface area contributed by atoms with Crippen molar-refractivity contribution in [1.82, 2.24) is 9.88 Å². The van der Waals surface area contributed by atoms with Crippen LogP contribution in [0.15, 0.2) is 18.5 Å². The first-order valence-corrected chi connectivity index (χ1v) is 7.27. The van der Waals surface area contributed by atoms with Gasteiger partial charge in [0.2, 0.25) is 0 Å². The number of rotatable bonds is 6. The van der Waals surface area contributed by atoms with Gasteiger partial charge in [0.15, 0.2) is 0 Å². The highest BCUT2D eigenvalue weighted by Gasteiger charge is 2.22. The largest absolute Gasteiger partial charge is 0.373 e. The van der Waals surface area contributed by atoms with Crippen LogP contribution in [0.4, 0.5) is 0 Å². The second kappa shape index (κ2) is 6.39. The van der Waals surface area contributed by atoms with E-state index in [1.54, 1.807) is 0 Å². The third-order valence-electron chi connectivity index (χ3n) is 3.77. The molecule has 1 fully saturated rings. The Hall–Kier alpha value is -0.800. The molecule has 0 aliphatic carbocycles. The van der Waals surface area contributed by atoms with E-state index in [1.165, 1.54) is 18.4 Å². The summed E-state index contributed by atoms with van der Waals surface area (Å²) in [6, 6.07) is 2.72. The van der Waals surface area contributed by atoms with Gasteiger partial charge in [0.1, 0.15) is 0 Å². The summed E-state index contributed by atoms with van der Waals surface area (Å²) in [6.07, 6.45) is 8.82. The number of hydrogen-bond donors (Lipinski definition) is 1. The Balaban J connectivity index is 1.92. The van der Waals surface area contributed by atoms with Crippen LogP contribution in [-0.2, 0) is 11.3 Å². The summed E-state index contributed by atoms with van der Waals surface area (Å²) < 4.78 is 8.15. The Kier molecular flexibility index (Phi) is 4.84. The number of nitrogens with one attached hydrogen (secondary N) is 1. The Labute approximate surface area is 111 Å². The maximum atomic E-state index is 5.87. The van der Waals surface area contributed by atoms with Crippen LogP contribution in [0.2, 0.25) is 0 Å². The second-order valence-corrected chi connectivity index (χ2v) is 5.31. The summed E-state index contributed by atoms with van der Waals surface area (Å²) in [4.78, 5) is 0. The molecular formula is C15H26N2O. The monoisotopic (exact) mass is 250 g/mol. The van der Waals surface area contributed by atoms with Crippen LogP contribution >= 0.6 is 0 Å². The lowest BCUT2D eigenvalue weighted by atomic mass is 10.1. The molecule has 0 saturated carbocycles. The van der Waals surface area contributed by atoms with Crippen LogP contribution in [0, 0.1) is 0 Å². The molecule has 3 nitrogen and oxygen atoms in total. The van der Waals surface area contributed by atoms with Crippen LogP contribution in [0.25, 0.3) is 0 Å². The summed E-state index contributed by atoms with van der Waals surface area (Å²) >= 11 is 0. The van der Waals surface area contributed by atoms with E-state index in [0.29, 0.717) is 18.2 Å². The molecule has 1 aliphatic heterocycles. The Morgan fingerprint density at radius 1 is 1.44 bits per heavy atom. The van der Waals surface area contributed by atoms with Gasteiger partial charge in [0.05, 0.1) is 12.2 Å². The molecule has 3 unspecified atom stereocenters. The van der Waals surface area contributed by atoms with E-state index < -0.39 is 0 Å². The fraction of sp³-hybridized carbons (Fsp3) is 0.733. The smallest absolute Gasteiger partial charge is 0.0758 e. The lowest BCUT2D eigenvalue weighted by molar-refractivity contribution is 0.0458. The molecule has 2 heterocycles. The van der Waals surface area contributed by atoms with E-state index in [4.69, 9.17) is 4.74 Å². The second-order valence-electron chi connectivity index (χ2n) is 5.31. The normalized spacial score (nSPS) is 25.5. The zero-order valence-corrected chi connectivity index (χ0v) is 11.9. The van der Waals surface area contributed by atoms with Gasteiger partial charge < -0.3 is 14.6 Å². The van der Waals surface area contributed by atoms with Gasteiger partial charge in [-0.3, -0.25) is 0 Å². The summed E-state index contributed by atoms with van der Waals surface area (Å²) in [5, 5.41) is 3.52. The van der Waals surface area contributed by atoms with Gasteiger partial charge in [0.25, 0.3) is 0 Å². The van der Waals surface area contributed by atoms with Crippen molar-refractivity contribution < 1.29 is 4.74 Å². The molecule has 0 amide bonds. The standard InChI is InChI=1S/C15H26N2O/c1-4-15(16-5-2)13-8-9-17(10-13)11-14-7-6-12(3)18-14/h8-10,12,14-16H,4-7,11H2,1-3H3. The van der Waals surface area contributed by atoms with Gasteiger partial charge in [-0.2, -0.15) is 0 Å². The lowest BCUT2D eigenvalue weighted by Crippen LogP contribution is -2.20. The molecule has 0 spiro atoms. The average molecular weight is 250 g/mol. The number of aromatic nitrogens is 1. The fourth-order valence-corrected chi connectivity index (χ4v) is 2.78. The summed E-state index contributed by atoms with van der Waals surface area (Å²) in [7, 11) is 0. The topological polar surface area (TPSA) is 26.2 Å². The molecule has 3 atom stereocenters. The molecule has 3 heteroatoms. The minimum Gasteiger partial charge on any atom is -0.373 e. The third-order valence-corrected chi connectivity index (χ3v) is 3.77. The number of nitrogens with zero attached hydrogens (tertiary/aromatic N) is 1. The predicted molar refractivity (Wildman–Crippen MR) is 74.7 cm³/mol. The highest BCUT2D eigenvalue weighted by Crippen LogP contribution is 2.22. The van der Waals surface area contributed by atoms with E-state index in [9.17, 15) is 0 Å². The van der Waals surface area contributed by atoms with Crippen molar-refractivity contribution in [3.63, 3.8) is 0 Å². The maximum Gasteiger partial charge on any atom is 0.0758 e. The first-order valence-electron chi connectivity index (χ1n) is 7.27. The van der Waals surface area contributed by atoms with Crippen molar-refractivity contribution >= 4 is 0 Å². The zero-order chi connectivity index (χ0) is 13.0. The molecule has 2 rings (SSSR count). The van der Waals surface area contributed by atoms with Gasteiger partial charge >= 0.3 is 0 Å². The van der Waals surface area contributed by atoms with Gasteiger partial charge in [-0.1, -0.05) is 13.8 Å². The molecule has 1 saturated heterocycles. The van der Waals surface area contributed by atoms with Crippen LogP contribution in [0.1, 0.15) is 51.6 Å². The van der Waals surface area contributed by atoms with E-state index in [-0.39, 0.29) is 0 Å². The number of ether oxygens (including phenoxy) is 1. The maximum absolute atomic E-state index is 5.87. The minimum absolute atomic E-state index is 0.402. The molecule has 0 bridgehead atoms. The minimum atomic E-state index is 0.402. The first-order chi connectivity index (χ1) is 8.72. The number of hydrogen-bond acceptors (Lipinski definition) is 2. The summed E-state index contributed by atoms with van der Waals surface area (Å²) in [5.74, 6) is 0. The highest BCUT2D eigenvalue weighted by atomic mass is 16.5. The fourth-order valence-electron chi connectivity index (χ4n) is 2.78. The molecule has 0 radical (unpaired) electrons. The van der Waals surface area contributed by atoms with Crippen molar-refractivity contribution in [3.05, 3.63) is 24.0 Å². The van der Waals surface area contributed by atoms with Gasteiger partial charge in [-0.25, -0.2) is 0 Å². The van der Waals surface area contributed by atoms with Crippen molar-refractivity contribution in [2.45, 2.75) is 64.8 Å². The van der Waals surface area contributed by atoms with Gasteiger partial charge in [-0.05, 0) is 44.4 Å². The van der Waals surface area contributed by atoms with Crippen LogP contribution in [0.5, 0.6) is 0 Å². The average Bonchev–Trinajstić information content (AvgIpc) is 2.96. The summed E-state index contributed by atoms with van der Waals surface area (Å²) in [5.41, 5.74) is 1.39. The molecule has 1 aromatic rings. The predicted octanol–water partition coefficient (Wildman–Crippen LogP) is 3.12. The van der Waals surface area contributed by atoms with E-state index >= 15 is 0 Å².